The van der Waals surface area contributed by atoms with Gasteiger partial charge in [-0.05, 0) is 38.6 Å². The normalized spacial score (nSPS) is 41.0. The number of hydrogen-bond donors (Lipinski definition) is 1. The van der Waals surface area contributed by atoms with E-state index in [0.717, 1.165) is 11.5 Å². The zero-order valence-corrected chi connectivity index (χ0v) is 15.4. The van der Waals surface area contributed by atoms with E-state index in [2.05, 4.69) is 4.98 Å². The van der Waals surface area contributed by atoms with Crippen LogP contribution in [0.4, 0.5) is 14.6 Å². The molecule has 0 spiro atoms. The number of ether oxygens (including phenoxy) is 1. The van der Waals surface area contributed by atoms with E-state index >= 15 is 8.78 Å². The second-order valence-electron chi connectivity index (χ2n) is 6.31. The second-order valence-corrected chi connectivity index (χ2v) is 9.23. The van der Waals surface area contributed by atoms with Crippen molar-refractivity contribution >= 4 is 24.3 Å². The van der Waals surface area contributed by atoms with E-state index < -0.39 is 42.9 Å². The number of hydrogen-bond acceptors (Lipinski definition) is 8. The van der Waals surface area contributed by atoms with E-state index in [1.165, 1.54) is 12.3 Å². The molecule has 2 fully saturated rings. The molecule has 140 valence electrons. The van der Waals surface area contributed by atoms with E-state index in [1.54, 1.807) is 13.8 Å². The van der Waals surface area contributed by atoms with Gasteiger partial charge in [-0.15, -0.1) is 0 Å². The van der Waals surface area contributed by atoms with E-state index in [1.807, 2.05) is 0 Å². The van der Waals surface area contributed by atoms with E-state index in [4.69, 9.17) is 35.8 Å². The predicted molar refractivity (Wildman–Crippen MR) is 87.7 cm³/mol. The maximum absolute atomic E-state index is 15.5. The summed E-state index contributed by atoms with van der Waals surface area (Å²) in [6, 6.07) is 1.28. The van der Waals surface area contributed by atoms with Crippen LogP contribution in [-0.4, -0.2) is 39.9 Å². The Kier molecular flexibility index (Phi) is 4.54. The first-order valence-electron chi connectivity index (χ1n) is 7.48. The minimum atomic E-state index is -3.35. The molecular formula is C13H18F2N3O5PS. The van der Waals surface area contributed by atoms with Crippen LogP contribution < -0.4 is 11.4 Å². The van der Waals surface area contributed by atoms with Crippen LogP contribution in [0.3, 0.4) is 0 Å². The molecular weight excluding hydrogens is 379 g/mol. The van der Waals surface area contributed by atoms with Crippen molar-refractivity contribution in [3.8, 4) is 0 Å². The fraction of sp³-hybridized carbons (Fsp3) is 0.692. The van der Waals surface area contributed by atoms with Gasteiger partial charge in [0.15, 0.2) is 18.0 Å². The van der Waals surface area contributed by atoms with Gasteiger partial charge >= 0.3 is 12.4 Å². The lowest BCUT2D eigenvalue weighted by atomic mass is 9.97. The Bertz CT molecular complexity index is 791. The van der Waals surface area contributed by atoms with Crippen LogP contribution in [-0.2, 0) is 30.1 Å². The Hall–Kier alpha value is -0.970. The largest absolute Gasteiger partial charge is 0.383 e. The number of nitrogen functional groups attached to an aromatic ring is 1. The van der Waals surface area contributed by atoms with Crippen molar-refractivity contribution in [1.29, 1.82) is 0 Å². The molecule has 2 saturated heterocycles. The highest BCUT2D eigenvalue weighted by Gasteiger charge is 2.69. The lowest BCUT2D eigenvalue weighted by Crippen LogP contribution is -2.51. The molecule has 0 radical (unpaired) electrons. The van der Waals surface area contributed by atoms with Gasteiger partial charge in [-0.2, -0.15) is 4.98 Å². The Morgan fingerprint density at radius 3 is 2.84 bits per heavy atom. The molecule has 0 amide bonds. The SMILES string of the molecule is CC(C)OP1(=S)OCC2(F)OC(n3ccc(N)nc3=O)C(C)(F)C2O1. The average molecular weight is 397 g/mol. The van der Waals surface area contributed by atoms with Gasteiger partial charge in [0.1, 0.15) is 12.4 Å². The lowest BCUT2D eigenvalue weighted by Gasteiger charge is -2.39. The standard InChI is InChI=1S/C13H18F2N3O5PS/c1-7(2)22-24(25)20-6-13(15)9(23-24)12(3,14)10(21-13)18-5-4-8(16)17-11(18)19/h4-5,7,9-10H,6H2,1-3H3,(H2,16,17,19). The third kappa shape index (κ3) is 3.24. The topological polar surface area (TPSA) is 97.8 Å². The Labute approximate surface area is 147 Å². The van der Waals surface area contributed by atoms with Crippen molar-refractivity contribution in [2.24, 2.45) is 0 Å². The van der Waals surface area contributed by atoms with Gasteiger partial charge in [0, 0.05) is 6.20 Å². The molecule has 0 bridgehead atoms. The summed E-state index contributed by atoms with van der Waals surface area (Å²) in [5.74, 6) is -2.68. The number of fused-ring (bicyclic) bond motifs is 1. The summed E-state index contributed by atoms with van der Waals surface area (Å²) in [4.78, 5) is 15.5. The quantitative estimate of drug-likeness (QED) is 0.772. The number of aromatic nitrogens is 2. The molecule has 1 aromatic heterocycles. The molecule has 3 heterocycles. The van der Waals surface area contributed by atoms with Gasteiger partial charge in [0.25, 0.3) is 5.85 Å². The highest BCUT2D eigenvalue weighted by molar-refractivity contribution is 8.07. The summed E-state index contributed by atoms with van der Waals surface area (Å²) in [6.07, 6.45) is -2.54. The molecule has 2 N–H and O–H groups in total. The van der Waals surface area contributed by atoms with Gasteiger partial charge < -0.3 is 19.5 Å². The molecule has 5 unspecified atom stereocenters. The van der Waals surface area contributed by atoms with Crippen molar-refractivity contribution < 1.29 is 27.1 Å². The molecule has 2 aliphatic heterocycles. The fourth-order valence-electron chi connectivity index (χ4n) is 2.78. The van der Waals surface area contributed by atoms with Gasteiger partial charge in [-0.1, -0.05) is 0 Å². The van der Waals surface area contributed by atoms with Gasteiger partial charge in [-0.3, -0.25) is 9.09 Å². The molecule has 0 saturated carbocycles. The molecule has 12 heteroatoms. The summed E-state index contributed by atoms with van der Waals surface area (Å²) in [7, 11) is 0. The highest BCUT2D eigenvalue weighted by Crippen LogP contribution is 2.63. The van der Waals surface area contributed by atoms with Gasteiger partial charge in [0.2, 0.25) is 0 Å². The van der Waals surface area contributed by atoms with Crippen LogP contribution in [0.2, 0.25) is 0 Å². The summed E-state index contributed by atoms with van der Waals surface area (Å²) in [5, 5.41) is 0. The Balaban J connectivity index is 1.97. The minimum Gasteiger partial charge on any atom is -0.383 e. The van der Waals surface area contributed by atoms with Crippen LogP contribution in [0.15, 0.2) is 17.1 Å². The molecule has 0 aromatic carbocycles. The molecule has 3 rings (SSSR count). The van der Waals surface area contributed by atoms with E-state index in [9.17, 15) is 4.79 Å². The van der Waals surface area contributed by atoms with E-state index in [0.29, 0.717) is 0 Å². The van der Waals surface area contributed by atoms with E-state index in [-0.39, 0.29) is 11.9 Å². The first-order valence-corrected chi connectivity index (χ1v) is 10.0. The highest BCUT2D eigenvalue weighted by atomic mass is 32.5. The number of nitrogens with zero attached hydrogens (tertiary/aromatic N) is 2. The lowest BCUT2D eigenvalue weighted by molar-refractivity contribution is -0.217. The maximum atomic E-state index is 15.5. The summed E-state index contributed by atoms with van der Waals surface area (Å²) < 4.78 is 52.6. The Morgan fingerprint density at radius 2 is 2.24 bits per heavy atom. The monoisotopic (exact) mass is 397 g/mol. The van der Waals surface area contributed by atoms with Crippen molar-refractivity contribution in [2.45, 2.75) is 50.7 Å². The fourth-order valence-corrected chi connectivity index (χ4v) is 5.35. The minimum absolute atomic E-state index is 0.0485. The third-order valence-electron chi connectivity index (χ3n) is 3.79. The van der Waals surface area contributed by atoms with Gasteiger partial charge in [0.05, 0.1) is 6.10 Å². The van der Waals surface area contributed by atoms with Crippen molar-refractivity contribution in [3.05, 3.63) is 22.7 Å². The smallest absolute Gasteiger partial charge is 0.351 e. The second kappa shape index (κ2) is 6.04. The zero-order chi connectivity index (χ0) is 18.6. The molecule has 2 aliphatic rings. The summed E-state index contributed by atoms with van der Waals surface area (Å²) >= 11 is 5.16. The van der Waals surface area contributed by atoms with Crippen LogP contribution in [0.5, 0.6) is 0 Å². The third-order valence-corrected chi connectivity index (χ3v) is 6.22. The van der Waals surface area contributed by atoms with Crippen LogP contribution in [0.25, 0.3) is 0 Å². The van der Waals surface area contributed by atoms with Crippen LogP contribution in [0, 0.1) is 0 Å². The molecule has 5 atom stereocenters. The summed E-state index contributed by atoms with van der Waals surface area (Å²) in [6.45, 7) is 0.430. The number of nitrogens with two attached hydrogens (primary N) is 1. The summed E-state index contributed by atoms with van der Waals surface area (Å²) in [5.41, 5.74) is 2.10. The predicted octanol–water partition coefficient (Wildman–Crippen LogP) is 1.81. The van der Waals surface area contributed by atoms with Gasteiger partial charge in [-0.25, -0.2) is 13.6 Å². The number of anilines is 1. The number of halogens is 2. The molecule has 1 aromatic rings. The number of rotatable bonds is 3. The first kappa shape index (κ1) is 18.8. The molecule has 25 heavy (non-hydrogen) atoms. The average Bonchev–Trinajstić information content (AvgIpc) is 2.67. The van der Waals surface area contributed by atoms with Crippen molar-refractivity contribution in [3.63, 3.8) is 0 Å². The van der Waals surface area contributed by atoms with Crippen molar-refractivity contribution in [1.82, 2.24) is 9.55 Å². The Morgan fingerprint density at radius 1 is 1.56 bits per heavy atom. The van der Waals surface area contributed by atoms with Crippen molar-refractivity contribution in [2.75, 3.05) is 12.3 Å². The zero-order valence-electron chi connectivity index (χ0n) is 13.7. The molecule has 0 aliphatic carbocycles. The number of alkyl halides is 2. The first-order chi connectivity index (χ1) is 11.5. The molecule has 8 nitrogen and oxygen atoms in total. The van der Waals surface area contributed by atoms with Crippen LogP contribution in [0.1, 0.15) is 27.0 Å². The van der Waals surface area contributed by atoms with Crippen LogP contribution >= 0.6 is 6.72 Å². The maximum Gasteiger partial charge on any atom is 0.351 e.